The molecule has 0 heterocycles. The van der Waals surface area contributed by atoms with Gasteiger partial charge in [0.15, 0.2) is 0 Å². The summed E-state index contributed by atoms with van der Waals surface area (Å²) >= 11 is 0. The van der Waals surface area contributed by atoms with Gasteiger partial charge in [-0.25, -0.2) is 4.39 Å². The fourth-order valence-corrected chi connectivity index (χ4v) is 3.26. The molecule has 106 valence electrons. The predicted octanol–water partition coefficient (Wildman–Crippen LogP) is 4.76. The van der Waals surface area contributed by atoms with Gasteiger partial charge in [-0.2, -0.15) is 0 Å². The summed E-state index contributed by atoms with van der Waals surface area (Å²) in [4.78, 5) is 0. The lowest BCUT2D eigenvalue weighted by molar-refractivity contribution is 0.362. The van der Waals surface area contributed by atoms with Crippen LogP contribution in [0.2, 0.25) is 0 Å². The van der Waals surface area contributed by atoms with Crippen molar-refractivity contribution in [3.63, 3.8) is 0 Å². The Bertz CT molecular complexity index is 394. The molecule has 0 spiro atoms. The van der Waals surface area contributed by atoms with Crippen LogP contribution in [-0.2, 0) is 0 Å². The summed E-state index contributed by atoms with van der Waals surface area (Å²) in [5.74, 6) is 0.679. The molecular weight excluding hydrogens is 237 g/mol. The smallest absolute Gasteiger partial charge is 0.127 e. The van der Waals surface area contributed by atoms with Crippen molar-refractivity contribution >= 4 is 0 Å². The minimum atomic E-state index is -0.0708. The van der Waals surface area contributed by atoms with Gasteiger partial charge in [-0.3, -0.25) is 0 Å². The third-order valence-corrected chi connectivity index (χ3v) is 4.42. The lowest BCUT2D eigenvalue weighted by Gasteiger charge is -2.23. The van der Waals surface area contributed by atoms with E-state index in [0.717, 1.165) is 23.5 Å². The van der Waals surface area contributed by atoms with Gasteiger partial charge in [0.05, 0.1) is 0 Å². The average Bonchev–Trinajstić information content (AvgIpc) is 2.67. The van der Waals surface area contributed by atoms with Crippen LogP contribution in [0.5, 0.6) is 0 Å². The van der Waals surface area contributed by atoms with Crippen molar-refractivity contribution in [2.45, 2.75) is 57.9 Å². The minimum Gasteiger partial charge on any atom is -0.313 e. The first kappa shape index (κ1) is 14.5. The summed E-state index contributed by atoms with van der Waals surface area (Å²) in [6.07, 6.45) is 9.13. The zero-order valence-electron chi connectivity index (χ0n) is 12.2. The largest absolute Gasteiger partial charge is 0.313 e. The Balaban J connectivity index is 2.08. The first-order chi connectivity index (χ1) is 9.20. The molecule has 1 aromatic rings. The molecule has 19 heavy (non-hydrogen) atoms. The molecule has 1 N–H and O–H groups in total. The van der Waals surface area contributed by atoms with Crippen LogP contribution in [0.1, 0.15) is 62.1 Å². The molecule has 1 fully saturated rings. The molecule has 1 aliphatic rings. The third-order valence-electron chi connectivity index (χ3n) is 4.42. The molecule has 0 radical (unpaired) electrons. The van der Waals surface area contributed by atoms with E-state index in [2.05, 4.69) is 5.32 Å². The van der Waals surface area contributed by atoms with Gasteiger partial charge in [-0.15, -0.1) is 0 Å². The number of aryl methyl sites for hydroxylation is 1. The molecule has 1 aromatic carbocycles. The van der Waals surface area contributed by atoms with Crippen molar-refractivity contribution in [3.8, 4) is 0 Å². The van der Waals surface area contributed by atoms with Gasteiger partial charge < -0.3 is 5.32 Å². The van der Waals surface area contributed by atoms with E-state index in [9.17, 15) is 4.39 Å². The molecule has 1 atom stereocenters. The van der Waals surface area contributed by atoms with E-state index in [1.807, 2.05) is 26.1 Å². The number of rotatable bonds is 4. The highest BCUT2D eigenvalue weighted by Gasteiger charge is 2.20. The van der Waals surface area contributed by atoms with Gasteiger partial charge in [-0.05, 0) is 32.4 Å². The highest BCUT2D eigenvalue weighted by Crippen LogP contribution is 2.32. The van der Waals surface area contributed by atoms with Crippen molar-refractivity contribution in [1.29, 1.82) is 0 Å². The van der Waals surface area contributed by atoms with E-state index in [1.165, 1.54) is 38.5 Å². The molecule has 0 bridgehead atoms. The summed E-state index contributed by atoms with van der Waals surface area (Å²) in [6, 6.07) is 5.59. The Morgan fingerprint density at radius 2 is 1.89 bits per heavy atom. The standard InChI is InChI=1S/C17H26FN/c1-13-9-10-16(18)15(11-13)17(19-2)12-14-7-5-3-4-6-8-14/h9-11,14,17,19H,3-8,12H2,1-2H3. The number of hydrogen-bond donors (Lipinski definition) is 1. The summed E-state index contributed by atoms with van der Waals surface area (Å²) in [7, 11) is 1.95. The van der Waals surface area contributed by atoms with Crippen molar-refractivity contribution in [2.24, 2.45) is 5.92 Å². The lowest BCUT2D eigenvalue weighted by Crippen LogP contribution is -2.21. The molecule has 1 nitrogen and oxygen atoms in total. The van der Waals surface area contributed by atoms with Gasteiger partial charge in [0, 0.05) is 11.6 Å². The Morgan fingerprint density at radius 3 is 2.53 bits per heavy atom. The molecule has 0 amide bonds. The summed E-state index contributed by atoms with van der Waals surface area (Å²) in [6.45, 7) is 2.03. The third kappa shape index (κ3) is 4.04. The number of benzene rings is 1. The van der Waals surface area contributed by atoms with Gasteiger partial charge in [-0.1, -0.05) is 56.2 Å². The molecule has 1 saturated carbocycles. The van der Waals surface area contributed by atoms with Crippen molar-refractivity contribution in [1.82, 2.24) is 5.32 Å². The fraction of sp³-hybridized carbons (Fsp3) is 0.647. The Morgan fingerprint density at radius 1 is 1.21 bits per heavy atom. The average molecular weight is 263 g/mol. The quantitative estimate of drug-likeness (QED) is 0.773. The van der Waals surface area contributed by atoms with Crippen LogP contribution in [-0.4, -0.2) is 7.05 Å². The molecule has 0 saturated heterocycles. The van der Waals surface area contributed by atoms with E-state index in [-0.39, 0.29) is 11.9 Å². The first-order valence-electron chi connectivity index (χ1n) is 7.64. The zero-order chi connectivity index (χ0) is 13.7. The van der Waals surface area contributed by atoms with Gasteiger partial charge in [0.25, 0.3) is 0 Å². The normalized spacial score (nSPS) is 19.1. The Kier molecular flexibility index (Phi) is 5.38. The lowest BCUT2D eigenvalue weighted by atomic mass is 9.89. The van der Waals surface area contributed by atoms with E-state index >= 15 is 0 Å². The molecule has 2 rings (SSSR count). The second-order valence-corrected chi connectivity index (χ2v) is 5.96. The van der Waals surface area contributed by atoms with Gasteiger partial charge in [0.1, 0.15) is 5.82 Å². The van der Waals surface area contributed by atoms with Crippen LogP contribution in [0.3, 0.4) is 0 Å². The fourth-order valence-electron chi connectivity index (χ4n) is 3.26. The van der Waals surface area contributed by atoms with Crippen molar-refractivity contribution in [2.75, 3.05) is 7.05 Å². The maximum Gasteiger partial charge on any atom is 0.127 e. The second-order valence-electron chi connectivity index (χ2n) is 5.96. The second kappa shape index (κ2) is 7.04. The van der Waals surface area contributed by atoms with Gasteiger partial charge >= 0.3 is 0 Å². The molecular formula is C17H26FN. The maximum atomic E-state index is 14.0. The van der Waals surface area contributed by atoms with Crippen molar-refractivity contribution in [3.05, 3.63) is 35.1 Å². The van der Waals surface area contributed by atoms with E-state index in [0.29, 0.717) is 0 Å². The topological polar surface area (TPSA) is 12.0 Å². The Hall–Kier alpha value is -0.890. The van der Waals surface area contributed by atoms with Crippen LogP contribution in [0.4, 0.5) is 4.39 Å². The summed E-state index contributed by atoms with van der Waals surface area (Å²) < 4.78 is 14.0. The van der Waals surface area contributed by atoms with Crippen molar-refractivity contribution < 1.29 is 4.39 Å². The summed E-state index contributed by atoms with van der Waals surface area (Å²) in [5.41, 5.74) is 1.98. The zero-order valence-corrected chi connectivity index (χ0v) is 12.2. The van der Waals surface area contributed by atoms with Crippen LogP contribution >= 0.6 is 0 Å². The van der Waals surface area contributed by atoms with E-state index in [1.54, 1.807) is 6.07 Å². The van der Waals surface area contributed by atoms with Crippen LogP contribution in [0.25, 0.3) is 0 Å². The number of halogens is 1. The SMILES string of the molecule is CNC(CC1CCCCCC1)c1cc(C)ccc1F. The molecule has 2 heteroatoms. The molecule has 1 unspecified atom stereocenters. The van der Waals surface area contributed by atoms with Crippen LogP contribution in [0.15, 0.2) is 18.2 Å². The highest BCUT2D eigenvalue weighted by atomic mass is 19.1. The summed E-state index contributed by atoms with van der Waals surface area (Å²) in [5, 5.41) is 3.31. The number of hydrogen-bond acceptors (Lipinski definition) is 1. The minimum absolute atomic E-state index is 0.0708. The monoisotopic (exact) mass is 263 g/mol. The van der Waals surface area contributed by atoms with E-state index < -0.39 is 0 Å². The molecule has 0 aliphatic heterocycles. The van der Waals surface area contributed by atoms with Crippen LogP contribution in [0, 0.1) is 18.7 Å². The Labute approximate surface area is 116 Å². The molecule has 1 aliphatic carbocycles. The molecule has 0 aromatic heterocycles. The highest BCUT2D eigenvalue weighted by molar-refractivity contribution is 5.27. The maximum absolute atomic E-state index is 14.0. The predicted molar refractivity (Wildman–Crippen MR) is 78.7 cm³/mol. The number of nitrogens with one attached hydrogen (secondary N) is 1. The van der Waals surface area contributed by atoms with Gasteiger partial charge in [0.2, 0.25) is 0 Å². The van der Waals surface area contributed by atoms with E-state index in [4.69, 9.17) is 0 Å². The van der Waals surface area contributed by atoms with Crippen LogP contribution < -0.4 is 5.32 Å². The first-order valence-corrected chi connectivity index (χ1v) is 7.64.